The average Bonchev–Trinajstić information content (AvgIpc) is 2.22. The third kappa shape index (κ3) is 7.06. The monoisotopic (exact) mass is 191 g/mol. The summed E-state index contributed by atoms with van der Waals surface area (Å²) in [5.74, 6) is 0. The van der Waals surface area contributed by atoms with Gasteiger partial charge in [-0.15, -0.1) is 0 Å². The summed E-state index contributed by atoms with van der Waals surface area (Å²) < 4.78 is 0. The molecule has 0 rings (SSSR count). The maximum atomic E-state index is 8.68. The Bertz CT molecular complexity index is 254. The van der Waals surface area contributed by atoms with Gasteiger partial charge in [-0.1, -0.05) is 0 Å². The van der Waals surface area contributed by atoms with E-state index in [-0.39, 0.29) is 6.04 Å². The number of hydrogen-bond acceptors (Lipinski definition) is 5. The van der Waals surface area contributed by atoms with Crippen molar-refractivity contribution >= 4 is 0 Å². The Balaban J connectivity index is 3.46. The molecule has 0 aromatic heterocycles. The fourth-order valence-electron chi connectivity index (χ4n) is 0.856. The lowest BCUT2D eigenvalue weighted by Crippen LogP contribution is -2.38. The van der Waals surface area contributed by atoms with Crippen molar-refractivity contribution in [3.63, 3.8) is 0 Å². The van der Waals surface area contributed by atoms with Gasteiger partial charge >= 0.3 is 0 Å². The van der Waals surface area contributed by atoms with E-state index in [9.17, 15) is 0 Å². The second-order valence-electron chi connectivity index (χ2n) is 2.66. The highest BCUT2D eigenvalue weighted by Gasteiger charge is 2.04. The van der Waals surface area contributed by atoms with E-state index in [0.717, 1.165) is 0 Å². The highest BCUT2D eigenvalue weighted by molar-refractivity contribution is 4.92. The van der Waals surface area contributed by atoms with Crippen molar-refractivity contribution in [1.82, 2.24) is 10.6 Å². The number of nitriles is 3. The zero-order valence-corrected chi connectivity index (χ0v) is 7.95. The Morgan fingerprint density at radius 1 is 1.00 bits per heavy atom. The summed E-state index contributed by atoms with van der Waals surface area (Å²) in [5.41, 5.74) is 0. The summed E-state index contributed by atoms with van der Waals surface area (Å²) >= 11 is 0. The van der Waals surface area contributed by atoms with Gasteiger partial charge in [-0.2, -0.15) is 15.8 Å². The molecule has 2 N–H and O–H groups in total. The molecule has 0 fully saturated rings. The molecule has 0 radical (unpaired) electrons. The van der Waals surface area contributed by atoms with E-state index in [1.165, 1.54) is 0 Å². The van der Waals surface area contributed by atoms with Gasteiger partial charge in [0, 0.05) is 32.5 Å². The second-order valence-corrected chi connectivity index (χ2v) is 2.66. The fourth-order valence-corrected chi connectivity index (χ4v) is 0.856. The minimum Gasteiger partial charge on any atom is -0.313 e. The molecule has 0 heterocycles. The van der Waals surface area contributed by atoms with Gasteiger partial charge in [-0.05, 0) is 0 Å². The van der Waals surface area contributed by atoms with Gasteiger partial charge in [0.05, 0.1) is 18.2 Å². The highest BCUT2D eigenvalue weighted by atomic mass is 15.0. The van der Waals surface area contributed by atoms with E-state index in [1.807, 2.05) is 12.1 Å². The molecule has 0 aromatic carbocycles. The van der Waals surface area contributed by atoms with Crippen LogP contribution in [0.3, 0.4) is 0 Å². The predicted octanol–water partition coefficient (Wildman–Crippen LogP) is -0.115. The highest BCUT2D eigenvalue weighted by Crippen LogP contribution is 1.81. The van der Waals surface area contributed by atoms with Crippen molar-refractivity contribution in [1.29, 1.82) is 15.8 Å². The van der Waals surface area contributed by atoms with Crippen molar-refractivity contribution in [2.75, 3.05) is 19.6 Å². The Morgan fingerprint density at radius 3 is 2.21 bits per heavy atom. The molecule has 0 amide bonds. The normalized spacial score (nSPS) is 10.9. The summed E-state index contributed by atoms with van der Waals surface area (Å²) in [6.45, 7) is 1.62. The molecule has 74 valence electrons. The van der Waals surface area contributed by atoms with Gasteiger partial charge in [-0.25, -0.2) is 0 Å². The van der Waals surface area contributed by atoms with Gasteiger partial charge < -0.3 is 5.32 Å². The second kappa shape index (κ2) is 9.48. The minimum absolute atomic E-state index is 0.290. The molecule has 5 nitrogen and oxygen atoms in total. The molecular weight excluding hydrogens is 178 g/mol. The lowest BCUT2D eigenvalue weighted by atomic mass is 10.3. The maximum absolute atomic E-state index is 8.68. The van der Waals surface area contributed by atoms with Crippen molar-refractivity contribution < 1.29 is 0 Å². The summed E-state index contributed by atoms with van der Waals surface area (Å²) in [5, 5.41) is 31.1. The van der Waals surface area contributed by atoms with Crippen LogP contribution in [-0.2, 0) is 0 Å². The largest absolute Gasteiger partial charge is 0.313 e. The molecule has 0 spiro atoms. The van der Waals surface area contributed by atoms with Crippen molar-refractivity contribution in [3.8, 4) is 18.2 Å². The number of hydrogen-bond donors (Lipinski definition) is 2. The Labute approximate surface area is 83.9 Å². The quantitative estimate of drug-likeness (QED) is 0.547. The van der Waals surface area contributed by atoms with Gasteiger partial charge in [0.15, 0.2) is 0 Å². The van der Waals surface area contributed by atoms with E-state index in [2.05, 4.69) is 16.7 Å². The molecule has 0 aliphatic carbocycles. The number of nitrogens with one attached hydrogen (secondary N) is 2. The number of rotatable bonds is 7. The molecular formula is C9H13N5. The number of nitrogens with zero attached hydrogens (tertiary/aromatic N) is 3. The van der Waals surface area contributed by atoms with E-state index >= 15 is 0 Å². The molecule has 0 saturated heterocycles. The smallest absolute Gasteiger partial charge is 0.108 e. The van der Waals surface area contributed by atoms with Crippen LogP contribution in [0, 0.1) is 34.0 Å². The van der Waals surface area contributed by atoms with Crippen LogP contribution in [-0.4, -0.2) is 25.7 Å². The Kier molecular flexibility index (Phi) is 8.39. The maximum Gasteiger partial charge on any atom is 0.108 e. The molecule has 0 aliphatic heterocycles. The van der Waals surface area contributed by atoms with Gasteiger partial charge in [0.2, 0.25) is 0 Å². The molecule has 1 atom stereocenters. The fraction of sp³-hybridized carbons (Fsp3) is 0.667. The molecule has 0 bridgehead atoms. The molecule has 0 saturated carbocycles. The standard InChI is InChI=1S/C9H13N5/c10-3-1-5-13-8-9(7-12)14-6-2-4-11/h9,13-14H,1-2,5-6,8H2. The van der Waals surface area contributed by atoms with Crippen LogP contribution in [0.2, 0.25) is 0 Å². The molecule has 14 heavy (non-hydrogen) atoms. The summed E-state index contributed by atoms with van der Waals surface area (Å²) in [4.78, 5) is 0. The zero-order valence-electron chi connectivity index (χ0n) is 7.95. The van der Waals surface area contributed by atoms with Gasteiger partial charge in [0.1, 0.15) is 6.04 Å². The molecule has 0 aliphatic rings. The van der Waals surface area contributed by atoms with Crippen LogP contribution < -0.4 is 10.6 Å². The first-order valence-electron chi connectivity index (χ1n) is 4.42. The minimum atomic E-state index is -0.290. The van der Waals surface area contributed by atoms with Crippen molar-refractivity contribution in [3.05, 3.63) is 0 Å². The summed E-state index contributed by atoms with van der Waals surface area (Å²) in [7, 11) is 0. The lowest BCUT2D eigenvalue weighted by Gasteiger charge is -2.10. The van der Waals surface area contributed by atoms with Crippen LogP contribution >= 0.6 is 0 Å². The van der Waals surface area contributed by atoms with Crippen LogP contribution in [0.4, 0.5) is 0 Å². The Hall–Kier alpha value is -1.61. The molecule has 5 heteroatoms. The topological polar surface area (TPSA) is 95.4 Å². The lowest BCUT2D eigenvalue weighted by molar-refractivity contribution is 0.553. The van der Waals surface area contributed by atoms with E-state index in [4.69, 9.17) is 15.8 Å². The van der Waals surface area contributed by atoms with Crippen LogP contribution in [0.1, 0.15) is 12.8 Å². The first kappa shape index (κ1) is 12.4. The van der Waals surface area contributed by atoms with Crippen molar-refractivity contribution in [2.45, 2.75) is 18.9 Å². The zero-order chi connectivity index (χ0) is 10.6. The first-order valence-corrected chi connectivity index (χ1v) is 4.42. The van der Waals surface area contributed by atoms with Crippen LogP contribution in [0.25, 0.3) is 0 Å². The van der Waals surface area contributed by atoms with E-state index in [1.54, 1.807) is 0 Å². The Morgan fingerprint density at radius 2 is 1.64 bits per heavy atom. The average molecular weight is 191 g/mol. The van der Waals surface area contributed by atoms with E-state index < -0.39 is 0 Å². The van der Waals surface area contributed by atoms with Gasteiger partial charge in [-0.3, -0.25) is 5.32 Å². The van der Waals surface area contributed by atoms with E-state index in [0.29, 0.717) is 32.5 Å². The molecule has 1 unspecified atom stereocenters. The summed E-state index contributed by atoms with van der Waals surface area (Å²) in [6.07, 6.45) is 0.840. The third-order valence-electron chi connectivity index (χ3n) is 1.55. The van der Waals surface area contributed by atoms with Gasteiger partial charge in [0.25, 0.3) is 0 Å². The van der Waals surface area contributed by atoms with Crippen LogP contribution in [0.15, 0.2) is 0 Å². The summed E-state index contributed by atoms with van der Waals surface area (Å²) in [6, 6.07) is 5.77. The van der Waals surface area contributed by atoms with Crippen molar-refractivity contribution in [2.24, 2.45) is 0 Å². The first-order chi connectivity index (χ1) is 6.85. The predicted molar refractivity (Wildman–Crippen MR) is 50.7 cm³/mol. The van der Waals surface area contributed by atoms with Crippen LogP contribution in [0.5, 0.6) is 0 Å². The molecule has 0 aromatic rings. The SMILES string of the molecule is N#CCCNCC(C#N)NCCC#N. The third-order valence-corrected chi connectivity index (χ3v) is 1.55.